The third-order valence-corrected chi connectivity index (χ3v) is 5.27. The largest absolute Gasteiger partial charge is 0.372 e. The minimum absolute atomic E-state index is 0.105. The number of morpholine rings is 1. The monoisotopic (exact) mass is 399 g/mol. The number of aromatic nitrogens is 2. The van der Waals surface area contributed by atoms with Crippen LogP contribution in [0.3, 0.4) is 0 Å². The van der Waals surface area contributed by atoms with Crippen LogP contribution in [0.1, 0.15) is 30.9 Å². The molecule has 154 valence electrons. The van der Waals surface area contributed by atoms with E-state index in [2.05, 4.69) is 29.0 Å². The highest BCUT2D eigenvalue weighted by Crippen LogP contribution is 2.29. The number of para-hydroxylation sites is 1. The van der Waals surface area contributed by atoms with E-state index in [9.17, 15) is 9.18 Å². The summed E-state index contributed by atoms with van der Waals surface area (Å²) in [4.78, 5) is 26.0. The number of carbonyl (C=O) groups excluding carboxylic acids is 1. The second kappa shape index (κ2) is 7.94. The number of fused-ring (bicyclic) bond motifs is 1. The van der Waals surface area contributed by atoms with Gasteiger partial charge in [-0.25, -0.2) is 19.2 Å². The van der Waals surface area contributed by atoms with Gasteiger partial charge >= 0.3 is 6.03 Å². The second-order valence-electron chi connectivity index (χ2n) is 7.76. The molecule has 0 aliphatic carbocycles. The highest BCUT2D eigenvalue weighted by Gasteiger charge is 2.30. The van der Waals surface area contributed by atoms with Crippen LogP contribution >= 0.6 is 0 Å². The van der Waals surface area contributed by atoms with Crippen molar-refractivity contribution in [1.29, 1.82) is 0 Å². The van der Waals surface area contributed by atoms with Crippen LogP contribution in [0.15, 0.2) is 24.3 Å². The number of ether oxygens (including phenoxy) is 1. The molecule has 3 heterocycles. The molecule has 7 nitrogen and oxygen atoms in total. The molecule has 2 aliphatic rings. The third-order valence-electron chi connectivity index (χ3n) is 5.27. The summed E-state index contributed by atoms with van der Waals surface area (Å²) in [5.41, 5.74) is 2.13. The van der Waals surface area contributed by atoms with Crippen molar-refractivity contribution in [2.75, 3.05) is 29.9 Å². The van der Waals surface area contributed by atoms with Gasteiger partial charge in [-0.3, -0.25) is 0 Å². The number of hydrogen-bond acceptors (Lipinski definition) is 5. The number of amides is 2. The summed E-state index contributed by atoms with van der Waals surface area (Å²) in [6.07, 6.45) is 0.855. The van der Waals surface area contributed by atoms with Crippen LogP contribution in [0, 0.1) is 12.7 Å². The molecule has 1 N–H and O–H groups in total. The zero-order chi connectivity index (χ0) is 20.5. The number of carbonyl (C=O) groups is 1. The Kier molecular flexibility index (Phi) is 5.36. The number of nitrogens with one attached hydrogen (secondary N) is 1. The van der Waals surface area contributed by atoms with E-state index in [0.717, 1.165) is 36.0 Å². The average molecular weight is 399 g/mol. The first-order valence-electron chi connectivity index (χ1n) is 9.98. The van der Waals surface area contributed by atoms with Gasteiger partial charge in [0.05, 0.1) is 30.1 Å². The standard InChI is InChI=1S/C21H26FN5O2/c1-13-10-27(11-14(2)29-13)20-16-12-26(9-8-18(16)23-15(3)24-20)21(28)25-19-7-5-4-6-17(19)22/h4-7,13-14H,8-12H2,1-3H3,(H,25,28)/t13-,14-/m0/s1. The lowest BCUT2D eigenvalue weighted by atomic mass is 10.0. The number of benzene rings is 1. The molecule has 29 heavy (non-hydrogen) atoms. The molecule has 4 rings (SSSR count). The number of urea groups is 1. The lowest BCUT2D eigenvalue weighted by molar-refractivity contribution is -0.00557. The van der Waals surface area contributed by atoms with Crippen LogP contribution in [0.5, 0.6) is 0 Å². The van der Waals surface area contributed by atoms with Crippen molar-refractivity contribution in [3.8, 4) is 0 Å². The first-order chi connectivity index (χ1) is 13.9. The smallest absolute Gasteiger partial charge is 0.322 e. The molecule has 0 bridgehead atoms. The maximum absolute atomic E-state index is 13.9. The van der Waals surface area contributed by atoms with Crippen molar-refractivity contribution in [3.63, 3.8) is 0 Å². The molecular weight excluding hydrogens is 373 g/mol. The Bertz CT molecular complexity index is 912. The topological polar surface area (TPSA) is 70.6 Å². The zero-order valence-corrected chi connectivity index (χ0v) is 17.0. The van der Waals surface area contributed by atoms with Gasteiger partial charge in [0.15, 0.2) is 0 Å². The predicted octanol–water partition coefficient (Wildman–Crippen LogP) is 3.13. The van der Waals surface area contributed by atoms with Crippen molar-refractivity contribution in [3.05, 3.63) is 47.2 Å². The molecule has 1 fully saturated rings. The quantitative estimate of drug-likeness (QED) is 0.840. The molecule has 0 saturated carbocycles. The lowest BCUT2D eigenvalue weighted by Gasteiger charge is -2.38. The summed E-state index contributed by atoms with van der Waals surface area (Å²) in [6.45, 7) is 8.41. The third kappa shape index (κ3) is 4.17. The van der Waals surface area contributed by atoms with Gasteiger partial charge in [-0.15, -0.1) is 0 Å². The van der Waals surface area contributed by atoms with Gasteiger partial charge in [-0.2, -0.15) is 0 Å². The van der Waals surface area contributed by atoms with Crippen molar-refractivity contribution < 1.29 is 13.9 Å². The van der Waals surface area contributed by atoms with Gasteiger partial charge in [0, 0.05) is 31.6 Å². The molecule has 0 unspecified atom stereocenters. The zero-order valence-electron chi connectivity index (χ0n) is 17.0. The van der Waals surface area contributed by atoms with Crippen LogP contribution in [-0.4, -0.2) is 52.7 Å². The second-order valence-corrected chi connectivity index (χ2v) is 7.76. The van der Waals surface area contributed by atoms with E-state index >= 15 is 0 Å². The average Bonchev–Trinajstić information content (AvgIpc) is 2.68. The minimum atomic E-state index is -0.450. The van der Waals surface area contributed by atoms with Crippen LogP contribution in [-0.2, 0) is 17.7 Å². The predicted molar refractivity (Wildman–Crippen MR) is 109 cm³/mol. The van der Waals surface area contributed by atoms with Gasteiger partial charge < -0.3 is 19.9 Å². The summed E-state index contributed by atoms with van der Waals surface area (Å²) in [5.74, 6) is 1.15. The molecule has 2 amide bonds. The van der Waals surface area contributed by atoms with Gasteiger partial charge in [-0.05, 0) is 32.9 Å². The number of halogens is 1. The van der Waals surface area contributed by atoms with E-state index in [1.807, 2.05) is 6.92 Å². The molecule has 2 aliphatic heterocycles. The fourth-order valence-corrected chi connectivity index (χ4v) is 4.06. The number of aryl methyl sites for hydroxylation is 1. The lowest BCUT2D eigenvalue weighted by Crippen LogP contribution is -2.47. The highest BCUT2D eigenvalue weighted by atomic mass is 19.1. The summed E-state index contributed by atoms with van der Waals surface area (Å²) in [5, 5.41) is 2.67. The SMILES string of the molecule is Cc1nc2c(c(N3C[C@H](C)O[C@@H](C)C3)n1)CN(C(=O)Nc1ccccc1F)CC2. The summed E-state index contributed by atoms with van der Waals surface area (Å²) in [6, 6.07) is 5.85. The minimum Gasteiger partial charge on any atom is -0.372 e. The Balaban J connectivity index is 1.58. The summed E-state index contributed by atoms with van der Waals surface area (Å²) < 4.78 is 19.8. The van der Waals surface area contributed by atoms with Crippen molar-refractivity contribution in [2.24, 2.45) is 0 Å². The molecule has 8 heteroatoms. The fraction of sp³-hybridized carbons (Fsp3) is 0.476. The molecule has 0 spiro atoms. The van der Waals surface area contributed by atoms with E-state index in [1.54, 1.807) is 23.1 Å². The van der Waals surface area contributed by atoms with E-state index in [0.29, 0.717) is 19.5 Å². The molecule has 1 saturated heterocycles. The Morgan fingerprint density at radius 1 is 1.21 bits per heavy atom. The number of anilines is 2. The number of nitrogens with zero attached hydrogens (tertiary/aromatic N) is 4. The van der Waals surface area contributed by atoms with Crippen LogP contribution < -0.4 is 10.2 Å². The number of rotatable bonds is 2. The van der Waals surface area contributed by atoms with E-state index in [-0.39, 0.29) is 23.9 Å². The Morgan fingerprint density at radius 2 is 1.93 bits per heavy atom. The van der Waals surface area contributed by atoms with Crippen molar-refractivity contribution in [2.45, 2.75) is 45.9 Å². The van der Waals surface area contributed by atoms with Crippen LogP contribution in [0.25, 0.3) is 0 Å². The van der Waals surface area contributed by atoms with Gasteiger partial charge in [-0.1, -0.05) is 12.1 Å². The molecule has 2 atom stereocenters. The molecule has 1 aromatic heterocycles. The normalized spacial score (nSPS) is 21.7. The highest BCUT2D eigenvalue weighted by molar-refractivity contribution is 5.89. The Hall–Kier alpha value is -2.74. The maximum Gasteiger partial charge on any atom is 0.322 e. The maximum atomic E-state index is 13.9. The van der Waals surface area contributed by atoms with Crippen LogP contribution in [0.2, 0.25) is 0 Å². The first kappa shape index (κ1) is 19.6. The van der Waals surface area contributed by atoms with Gasteiger partial charge in [0.25, 0.3) is 0 Å². The Labute approximate surface area is 169 Å². The van der Waals surface area contributed by atoms with E-state index in [4.69, 9.17) is 9.72 Å². The Morgan fingerprint density at radius 3 is 2.66 bits per heavy atom. The van der Waals surface area contributed by atoms with Crippen LogP contribution in [0.4, 0.5) is 20.7 Å². The fourth-order valence-electron chi connectivity index (χ4n) is 4.06. The summed E-state index contributed by atoms with van der Waals surface area (Å²) in [7, 11) is 0. The number of hydrogen-bond donors (Lipinski definition) is 1. The molecule has 2 aromatic rings. The summed E-state index contributed by atoms with van der Waals surface area (Å²) >= 11 is 0. The van der Waals surface area contributed by atoms with E-state index < -0.39 is 5.82 Å². The molecule has 0 radical (unpaired) electrons. The van der Waals surface area contributed by atoms with Gasteiger partial charge in [0.1, 0.15) is 17.5 Å². The van der Waals surface area contributed by atoms with Crippen molar-refractivity contribution >= 4 is 17.5 Å². The van der Waals surface area contributed by atoms with Crippen molar-refractivity contribution in [1.82, 2.24) is 14.9 Å². The molecular formula is C21H26FN5O2. The van der Waals surface area contributed by atoms with E-state index in [1.165, 1.54) is 6.07 Å². The van der Waals surface area contributed by atoms with Gasteiger partial charge in [0.2, 0.25) is 0 Å². The molecule has 1 aromatic carbocycles. The first-order valence-corrected chi connectivity index (χ1v) is 9.98.